The van der Waals surface area contributed by atoms with Gasteiger partial charge in [-0.1, -0.05) is 6.42 Å². The molecule has 0 aromatic carbocycles. The van der Waals surface area contributed by atoms with Gasteiger partial charge >= 0.3 is 0 Å². The van der Waals surface area contributed by atoms with Crippen molar-refractivity contribution in [3.63, 3.8) is 0 Å². The van der Waals surface area contributed by atoms with Gasteiger partial charge in [0.05, 0.1) is 0 Å². The number of Topliss-reactive ketones (excluding diaryl/α,β-unsaturated/α-hetero) is 1. The summed E-state index contributed by atoms with van der Waals surface area (Å²) in [7, 11) is 0. The molecule has 0 aromatic rings. The van der Waals surface area contributed by atoms with Crippen LogP contribution in [0.2, 0.25) is 0 Å². The van der Waals surface area contributed by atoms with Gasteiger partial charge in [-0.25, -0.2) is 10.1 Å². The molecule has 104 valence electrons. The summed E-state index contributed by atoms with van der Waals surface area (Å²) in [6.45, 7) is 0. The van der Waals surface area contributed by atoms with Gasteiger partial charge in [0.2, 0.25) is 5.79 Å². The van der Waals surface area contributed by atoms with E-state index < -0.39 is 11.6 Å². The molecule has 0 radical (unpaired) electrons. The molecule has 2 fully saturated rings. The summed E-state index contributed by atoms with van der Waals surface area (Å²) in [6, 6.07) is 0. The van der Waals surface area contributed by atoms with Crippen molar-refractivity contribution < 1.29 is 29.8 Å². The standard InChI is InChI=1S/C12H20O6/c13-10-4-8-11(14,9-5-10)17-18-12(16-15)6-2-1-3-7-12/h14-15H,1-9H2. The van der Waals surface area contributed by atoms with Crippen molar-refractivity contribution >= 4 is 5.78 Å². The predicted octanol–water partition coefficient (Wildman–Crippen LogP) is 1.92. The Hall–Kier alpha value is -0.530. The maximum atomic E-state index is 11.1. The number of ketones is 1. The third-order valence-electron chi connectivity index (χ3n) is 3.72. The first-order chi connectivity index (χ1) is 8.58. The fraction of sp³-hybridized carbons (Fsp3) is 0.917. The van der Waals surface area contributed by atoms with Crippen LogP contribution >= 0.6 is 0 Å². The maximum absolute atomic E-state index is 11.1. The molecule has 18 heavy (non-hydrogen) atoms. The quantitative estimate of drug-likeness (QED) is 0.456. The van der Waals surface area contributed by atoms with E-state index in [1.807, 2.05) is 0 Å². The number of rotatable bonds is 4. The van der Waals surface area contributed by atoms with Gasteiger partial charge in [-0.2, -0.15) is 9.78 Å². The second kappa shape index (κ2) is 5.63. The molecule has 6 heteroatoms. The first-order valence-corrected chi connectivity index (χ1v) is 6.51. The fourth-order valence-corrected chi connectivity index (χ4v) is 2.44. The topological polar surface area (TPSA) is 85.2 Å². The Morgan fingerprint density at radius 3 is 2.11 bits per heavy atom. The average molecular weight is 260 g/mol. The lowest BCUT2D eigenvalue weighted by molar-refractivity contribution is -0.548. The molecule has 0 spiro atoms. The summed E-state index contributed by atoms with van der Waals surface area (Å²) < 4.78 is 0. The van der Waals surface area contributed by atoms with Crippen LogP contribution in [0.15, 0.2) is 0 Å². The van der Waals surface area contributed by atoms with E-state index in [0.717, 1.165) is 19.3 Å². The molecule has 0 bridgehead atoms. The minimum Gasteiger partial charge on any atom is -0.363 e. The van der Waals surface area contributed by atoms with Crippen LogP contribution in [0, 0.1) is 0 Å². The molecule has 2 saturated carbocycles. The molecule has 2 N–H and O–H groups in total. The molecule has 0 atom stereocenters. The van der Waals surface area contributed by atoms with Crippen LogP contribution in [0.5, 0.6) is 0 Å². The molecular weight excluding hydrogens is 240 g/mol. The average Bonchev–Trinajstić information content (AvgIpc) is 2.42. The lowest BCUT2D eigenvalue weighted by Crippen LogP contribution is -2.44. The van der Waals surface area contributed by atoms with Gasteiger partial charge in [0.15, 0.2) is 5.79 Å². The molecule has 2 rings (SSSR count). The summed E-state index contributed by atoms with van der Waals surface area (Å²) in [5.74, 6) is -2.50. The van der Waals surface area contributed by atoms with Crippen molar-refractivity contribution in [2.24, 2.45) is 0 Å². The van der Waals surface area contributed by atoms with Crippen LogP contribution in [0.25, 0.3) is 0 Å². The van der Waals surface area contributed by atoms with Crippen LogP contribution in [0.3, 0.4) is 0 Å². The Kier molecular flexibility index (Phi) is 4.34. The lowest BCUT2D eigenvalue weighted by Gasteiger charge is -2.36. The Balaban J connectivity index is 1.87. The first-order valence-electron chi connectivity index (χ1n) is 6.51. The highest BCUT2D eigenvalue weighted by Gasteiger charge is 2.41. The van der Waals surface area contributed by atoms with Crippen LogP contribution < -0.4 is 0 Å². The van der Waals surface area contributed by atoms with E-state index in [9.17, 15) is 9.90 Å². The van der Waals surface area contributed by atoms with Gasteiger partial charge in [0.25, 0.3) is 0 Å². The van der Waals surface area contributed by atoms with E-state index in [1.165, 1.54) is 0 Å². The van der Waals surface area contributed by atoms with Gasteiger partial charge < -0.3 is 5.11 Å². The molecule has 0 aromatic heterocycles. The molecule has 0 heterocycles. The van der Waals surface area contributed by atoms with E-state index in [-0.39, 0.29) is 31.5 Å². The maximum Gasteiger partial charge on any atom is 0.233 e. The third kappa shape index (κ3) is 3.27. The number of aliphatic hydroxyl groups is 1. The van der Waals surface area contributed by atoms with Crippen LogP contribution in [0.1, 0.15) is 57.8 Å². The molecule has 0 amide bonds. The second-order valence-corrected chi connectivity index (χ2v) is 5.21. The van der Waals surface area contributed by atoms with Crippen molar-refractivity contribution in [1.82, 2.24) is 0 Å². The smallest absolute Gasteiger partial charge is 0.233 e. The fourth-order valence-electron chi connectivity index (χ4n) is 2.44. The number of hydrogen-bond donors (Lipinski definition) is 2. The van der Waals surface area contributed by atoms with Crippen molar-refractivity contribution in [3.8, 4) is 0 Å². The Morgan fingerprint density at radius 1 is 0.944 bits per heavy atom. The normalized spacial score (nSPS) is 27.1. The molecular formula is C12H20O6. The van der Waals surface area contributed by atoms with Gasteiger partial charge in [0, 0.05) is 38.5 Å². The molecule has 0 saturated heterocycles. The molecule has 2 aliphatic rings. The highest BCUT2D eigenvalue weighted by molar-refractivity contribution is 5.79. The highest BCUT2D eigenvalue weighted by Crippen LogP contribution is 2.35. The summed E-state index contributed by atoms with van der Waals surface area (Å²) in [6.07, 6.45) is 4.87. The van der Waals surface area contributed by atoms with E-state index in [0.29, 0.717) is 12.8 Å². The summed E-state index contributed by atoms with van der Waals surface area (Å²) in [5, 5.41) is 19.0. The monoisotopic (exact) mass is 260 g/mol. The summed E-state index contributed by atoms with van der Waals surface area (Å²) in [5.41, 5.74) is 0. The SMILES string of the molecule is O=C1CCC(O)(OOC2(OO)CCCCC2)CC1. The second-order valence-electron chi connectivity index (χ2n) is 5.21. The van der Waals surface area contributed by atoms with Crippen LogP contribution in [0.4, 0.5) is 0 Å². The zero-order valence-electron chi connectivity index (χ0n) is 10.4. The zero-order valence-corrected chi connectivity index (χ0v) is 10.4. The van der Waals surface area contributed by atoms with Crippen molar-refractivity contribution in [2.45, 2.75) is 69.4 Å². The number of carbonyl (C=O) groups excluding carboxylic acids is 1. The van der Waals surface area contributed by atoms with Gasteiger partial charge in [-0.3, -0.25) is 4.79 Å². The molecule has 2 aliphatic carbocycles. The van der Waals surface area contributed by atoms with E-state index >= 15 is 0 Å². The van der Waals surface area contributed by atoms with Crippen molar-refractivity contribution in [1.29, 1.82) is 0 Å². The van der Waals surface area contributed by atoms with Crippen molar-refractivity contribution in [2.75, 3.05) is 0 Å². The van der Waals surface area contributed by atoms with Crippen molar-refractivity contribution in [3.05, 3.63) is 0 Å². The van der Waals surface area contributed by atoms with E-state index in [2.05, 4.69) is 4.89 Å². The first kappa shape index (κ1) is 13.9. The minimum atomic E-state index is -1.45. The Morgan fingerprint density at radius 2 is 1.56 bits per heavy atom. The van der Waals surface area contributed by atoms with E-state index in [4.69, 9.17) is 15.0 Å². The predicted molar refractivity (Wildman–Crippen MR) is 60.1 cm³/mol. The molecule has 0 unspecified atom stereocenters. The minimum absolute atomic E-state index is 0.120. The summed E-state index contributed by atoms with van der Waals surface area (Å²) in [4.78, 5) is 25.7. The van der Waals surface area contributed by atoms with Gasteiger partial charge in [-0.15, -0.1) is 0 Å². The lowest BCUT2D eigenvalue weighted by atomic mass is 9.93. The van der Waals surface area contributed by atoms with Gasteiger partial charge in [-0.05, 0) is 12.8 Å². The Labute approximate surface area is 106 Å². The molecule has 0 aliphatic heterocycles. The zero-order chi connectivity index (χ0) is 13.1. The van der Waals surface area contributed by atoms with Crippen LogP contribution in [-0.4, -0.2) is 27.7 Å². The highest BCUT2D eigenvalue weighted by atomic mass is 17.3. The largest absolute Gasteiger partial charge is 0.363 e. The number of carbonyl (C=O) groups is 1. The molecule has 6 nitrogen and oxygen atoms in total. The Bertz CT molecular complexity index is 287. The van der Waals surface area contributed by atoms with Crippen LogP contribution in [-0.2, 0) is 19.5 Å². The third-order valence-corrected chi connectivity index (χ3v) is 3.72. The number of hydrogen-bond acceptors (Lipinski definition) is 6. The van der Waals surface area contributed by atoms with E-state index in [1.54, 1.807) is 0 Å². The summed E-state index contributed by atoms with van der Waals surface area (Å²) >= 11 is 0. The van der Waals surface area contributed by atoms with Gasteiger partial charge in [0.1, 0.15) is 5.78 Å².